The second-order valence-electron chi connectivity index (χ2n) is 6.14. The van der Waals surface area contributed by atoms with E-state index >= 15 is 0 Å². The fraction of sp³-hybridized carbons (Fsp3) is 0.533. The van der Waals surface area contributed by atoms with Crippen LogP contribution in [0.4, 0.5) is 0 Å². The summed E-state index contributed by atoms with van der Waals surface area (Å²) in [6.45, 7) is 0.948. The zero-order valence-corrected chi connectivity index (χ0v) is 12.1. The molecule has 1 saturated heterocycles. The summed E-state index contributed by atoms with van der Waals surface area (Å²) in [6.07, 6.45) is 6.43. The number of hydrogen-bond acceptors (Lipinski definition) is 4. The third-order valence-corrected chi connectivity index (χ3v) is 4.71. The molecule has 2 N–H and O–H groups in total. The number of nitrogens with zero attached hydrogens (tertiary/aromatic N) is 2. The van der Waals surface area contributed by atoms with Crippen LogP contribution < -0.4 is 5.32 Å². The third-order valence-electron chi connectivity index (χ3n) is 4.71. The minimum atomic E-state index is -0.204. The first-order valence-corrected chi connectivity index (χ1v) is 7.69. The molecule has 7 heteroatoms. The Morgan fingerprint density at radius 1 is 1.36 bits per heavy atom. The van der Waals surface area contributed by atoms with Crippen molar-refractivity contribution in [2.75, 3.05) is 13.1 Å². The fourth-order valence-corrected chi connectivity index (χ4v) is 3.16. The first-order chi connectivity index (χ1) is 10.7. The first kappa shape index (κ1) is 13.4. The lowest BCUT2D eigenvalue weighted by atomic mass is 9.92. The Morgan fingerprint density at radius 3 is 2.91 bits per heavy atom. The van der Waals surface area contributed by atoms with Gasteiger partial charge in [-0.25, -0.2) is 0 Å². The van der Waals surface area contributed by atoms with E-state index in [0.717, 1.165) is 12.8 Å². The average molecular weight is 302 g/mol. The Kier molecular flexibility index (Phi) is 3.13. The molecule has 0 aromatic carbocycles. The SMILES string of the molecule is O=C(NC1CCC1)C1=NO[C@@H]2CN(C(=O)c3cc[nH]c3)C[C@H]12. The predicted molar refractivity (Wildman–Crippen MR) is 78.3 cm³/mol. The van der Waals surface area contributed by atoms with Gasteiger partial charge in [-0.05, 0) is 25.3 Å². The van der Waals surface area contributed by atoms with Gasteiger partial charge in [0.2, 0.25) is 0 Å². The number of aromatic amines is 1. The average Bonchev–Trinajstić information content (AvgIpc) is 3.16. The van der Waals surface area contributed by atoms with Gasteiger partial charge in [0.05, 0.1) is 18.0 Å². The first-order valence-electron chi connectivity index (χ1n) is 7.69. The number of carbonyl (C=O) groups excluding carboxylic acids is 2. The van der Waals surface area contributed by atoms with Gasteiger partial charge in [-0.2, -0.15) is 0 Å². The topological polar surface area (TPSA) is 86.8 Å². The molecule has 1 aromatic heterocycles. The van der Waals surface area contributed by atoms with Crippen LogP contribution in [0.1, 0.15) is 29.6 Å². The smallest absolute Gasteiger partial charge is 0.269 e. The van der Waals surface area contributed by atoms with Gasteiger partial charge in [0.1, 0.15) is 0 Å². The summed E-state index contributed by atoms with van der Waals surface area (Å²) >= 11 is 0. The number of aromatic nitrogens is 1. The number of fused-ring (bicyclic) bond motifs is 1. The molecular formula is C15H18N4O3. The van der Waals surface area contributed by atoms with Gasteiger partial charge in [0, 0.05) is 25.0 Å². The van der Waals surface area contributed by atoms with Crippen LogP contribution >= 0.6 is 0 Å². The summed E-state index contributed by atoms with van der Waals surface area (Å²) in [6, 6.07) is 2.02. The van der Waals surface area contributed by atoms with E-state index in [2.05, 4.69) is 15.5 Å². The van der Waals surface area contributed by atoms with Crippen molar-refractivity contribution in [1.82, 2.24) is 15.2 Å². The number of rotatable bonds is 3. The van der Waals surface area contributed by atoms with Gasteiger partial charge in [0.15, 0.2) is 11.8 Å². The molecule has 116 valence electrons. The Balaban J connectivity index is 1.42. The van der Waals surface area contributed by atoms with Crippen molar-refractivity contribution in [2.24, 2.45) is 11.1 Å². The molecule has 3 aliphatic rings. The molecule has 22 heavy (non-hydrogen) atoms. The largest absolute Gasteiger partial charge is 0.389 e. The number of H-pyrrole nitrogens is 1. The molecule has 2 aliphatic heterocycles. The number of amides is 2. The zero-order valence-electron chi connectivity index (χ0n) is 12.1. The Morgan fingerprint density at radius 2 is 2.23 bits per heavy atom. The molecule has 1 aliphatic carbocycles. The zero-order chi connectivity index (χ0) is 15.1. The molecule has 2 fully saturated rings. The minimum Gasteiger partial charge on any atom is -0.389 e. The normalized spacial score (nSPS) is 26.9. The molecule has 0 unspecified atom stereocenters. The maximum atomic E-state index is 12.4. The molecule has 0 spiro atoms. The lowest BCUT2D eigenvalue weighted by Crippen LogP contribution is -2.45. The summed E-state index contributed by atoms with van der Waals surface area (Å²) in [5.74, 6) is -0.311. The van der Waals surface area contributed by atoms with Crippen molar-refractivity contribution in [1.29, 1.82) is 0 Å². The third kappa shape index (κ3) is 2.17. The standard InChI is InChI=1S/C15H18N4O3/c20-14(17-10-2-1-3-10)13-11-7-19(8-12(11)22-18-13)15(21)9-4-5-16-6-9/h4-6,10-12,16H,1-3,7-8H2,(H,17,20)/t11-,12+/m0/s1. The van der Waals surface area contributed by atoms with E-state index in [9.17, 15) is 9.59 Å². The minimum absolute atomic E-state index is 0.0435. The molecule has 7 nitrogen and oxygen atoms in total. The van der Waals surface area contributed by atoms with Crippen LogP contribution in [-0.2, 0) is 9.63 Å². The lowest BCUT2D eigenvalue weighted by molar-refractivity contribution is -0.116. The predicted octanol–water partition coefficient (Wildman–Crippen LogP) is 0.510. The summed E-state index contributed by atoms with van der Waals surface area (Å²) in [4.78, 5) is 34.6. The molecule has 1 aromatic rings. The molecular weight excluding hydrogens is 284 g/mol. The van der Waals surface area contributed by atoms with Crippen molar-refractivity contribution in [3.05, 3.63) is 24.0 Å². The highest BCUT2D eigenvalue weighted by Gasteiger charge is 2.46. The lowest BCUT2D eigenvalue weighted by Gasteiger charge is -2.26. The number of likely N-dealkylation sites (tertiary alicyclic amines) is 1. The van der Waals surface area contributed by atoms with E-state index in [-0.39, 0.29) is 29.9 Å². The fourth-order valence-electron chi connectivity index (χ4n) is 3.16. The van der Waals surface area contributed by atoms with Crippen molar-refractivity contribution in [3.8, 4) is 0 Å². The maximum absolute atomic E-state index is 12.4. The summed E-state index contributed by atoms with van der Waals surface area (Å²) in [5, 5.41) is 6.93. The van der Waals surface area contributed by atoms with Crippen LogP contribution in [0.2, 0.25) is 0 Å². The maximum Gasteiger partial charge on any atom is 0.269 e. The van der Waals surface area contributed by atoms with E-state index in [4.69, 9.17) is 4.84 Å². The number of oxime groups is 1. The highest BCUT2D eigenvalue weighted by atomic mass is 16.6. The molecule has 3 heterocycles. The molecule has 4 rings (SSSR count). The molecule has 0 bridgehead atoms. The van der Waals surface area contributed by atoms with Crippen LogP contribution in [0.5, 0.6) is 0 Å². The van der Waals surface area contributed by atoms with Crippen LogP contribution in [0.3, 0.4) is 0 Å². The van der Waals surface area contributed by atoms with E-state index in [1.54, 1.807) is 23.4 Å². The molecule has 2 amide bonds. The van der Waals surface area contributed by atoms with E-state index in [0.29, 0.717) is 24.4 Å². The summed E-state index contributed by atoms with van der Waals surface area (Å²) in [5.41, 5.74) is 1.05. The Labute approximate surface area is 127 Å². The van der Waals surface area contributed by atoms with Gasteiger partial charge in [-0.3, -0.25) is 9.59 Å². The summed E-state index contributed by atoms with van der Waals surface area (Å²) in [7, 11) is 0. The highest BCUT2D eigenvalue weighted by molar-refractivity contribution is 6.40. The molecule has 2 atom stereocenters. The van der Waals surface area contributed by atoms with Gasteiger partial charge in [-0.1, -0.05) is 5.16 Å². The quantitative estimate of drug-likeness (QED) is 0.853. The van der Waals surface area contributed by atoms with Gasteiger partial charge in [-0.15, -0.1) is 0 Å². The van der Waals surface area contributed by atoms with Crippen LogP contribution in [0.15, 0.2) is 23.6 Å². The van der Waals surface area contributed by atoms with Crippen molar-refractivity contribution >= 4 is 17.5 Å². The van der Waals surface area contributed by atoms with Crippen molar-refractivity contribution < 1.29 is 14.4 Å². The molecule has 1 saturated carbocycles. The summed E-state index contributed by atoms with van der Waals surface area (Å²) < 4.78 is 0. The number of hydrogen-bond donors (Lipinski definition) is 2. The second-order valence-corrected chi connectivity index (χ2v) is 6.14. The van der Waals surface area contributed by atoms with E-state index in [1.807, 2.05) is 0 Å². The number of carbonyl (C=O) groups is 2. The molecule has 0 radical (unpaired) electrons. The van der Waals surface area contributed by atoms with Gasteiger partial charge < -0.3 is 20.0 Å². The van der Waals surface area contributed by atoms with Crippen LogP contribution in [-0.4, -0.2) is 52.6 Å². The van der Waals surface area contributed by atoms with Crippen molar-refractivity contribution in [2.45, 2.75) is 31.4 Å². The van der Waals surface area contributed by atoms with E-state index in [1.165, 1.54) is 6.42 Å². The monoisotopic (exact) mass is 302 g/mol. The van der Waals surface area contributed by atoms with Crippen LogP contribution in [0.25, 0.3) is 0 Å². The van der Waals surface area contributed by atoms with Crippen molar-refractivity contribution in [3.63, 3.8) is 0 Å². The van der Waals surface area contributed by atoms with Gasteiger partial charge in [0.25, 0.3) is 11.8 Å². The number of nitrogens with one attached hydrogen (secondary N) is 2. The Hall–Kier alpha value is -2.31. The Bertz CT molecular complexity index is 621. The highest BCUT2D eigenvalue weighted by Crippen LogP contribution is 2.29. The van der Waals surface area contributed by atoms with Gasteiger partial charge >= 0.3 is 0 Å². The van der Waals surface area contributed by atoms with E-state index < -0.39 is 0 Å². The second kappa shape index (κ2) is 5.15. The van der Waals surface area contributed by atoms with Crippen LogP contribution in [0, 0.1) is 5.92 Å².